The SMILES string of the molecule is CCC(C)C(=O)OC1(C)C(F)(F)C(C(F)(F)F)OC(O)(C(F)(F)F)C1(F)F. The van der Waals surface area contributed by atoms with Crippen LogP contribution in [0.3, 0.4) is 0 Å². The number of alkyl halides is 10. The molecule has 0 saturated carbocycles. The summed E-state index contributed by atoms with van der Waals surface area (Å²) in [5.41, 5.74) is -5.04. The largest absolute Gasteiger partial charge is 0.449 e. The molecular formula is C13H14F10O4. The molecule has 1 saturated heterocycles. The van der Waals surface area contributed by atoms with Crippen molar-refractivity contribution in [2.24, 2.45) is 5.92 Å². The van der Waals surface area contributed by atoms with Gasteiger partial charge in [-0.25, -0.2) is 0 Å². The number of hydrogen-bond acceptors (Lipinski definition) is 4. The number of carbonyl (C=O) groups is 1. The molecule has 4 atom stereocenters. The Kier molecular flexibility index (Phi) is 5.59. The van der Waals surface area contributed by atoms with Gasteiger partial charge in [0.1, 0.15) is 0 Å². The third kappa shape index (κ3) is 3.23. The standard InChI is InChI=1S/C13H14F10O4/c1-4-5(2)6(24)26-8(3)9(14,15)7(10(16,17)18)27-12(25,11(8,19)20)13(21,22)23/h5,7,25H,4H2,1-3H3. The van der Waals surface area contributed by atoms with E-state index in [-0.39, 0.29) is 6.42 Å². The second-order valence-corrected chi connectivity index (χ2v) is 6.14. The highest BCUT2D eigenvalue weighted by Crippen LogP contribution is 2.62. The molecule has 0 aromatic heterocycles. The average Bonchev–Trinajstić information content (AvgIpc) is 2.46. The van der Waals surface area contributed by atoms with Crippen molar-refractivity contribution in [1.29, 1.82) is 0 Å². The fourth-order valence-electron chi connectivity index (χ4n) is 2.22. The van der Waals surface area contributed by atoms with Crippen LogP contribution in [-0.2, 0) is 14.3 Å². The van der Waals surface area contributed by atoms with Crippen LogP contribution < -0.4 is 0 Å². The molecule has 1 N–H and O–H groups in total. The Balaban J connectivity index is 3.74. The molecule has 0 aromatic carbocycles. The average molecular weight is 424 g/mol. The number of ether oxygens (including phenoxy) is 2. The summed E-state index contributed by atoms with van der Waals surface area (Å²) in [5, 5.41) is 9.22. The number of carbonyl (C=O) groups excluding carboxylic acids is 1. The summed E-state index contributed by atoms with van der Waals surface area (Å²) in [6, 6.07) is 0. The van der Waals surface area contributed by atoms with E-state index in [4.69, 9.17) is 0 Å². The molecule has 27 heavy (non-hydrogen) atoms. The van der Waals surface area contributed by atoms with Crippen LogP contribution in [0, 0.1) is 5.92 Å². The maximum absolute atomic E-state index is 14.4. The molecule has 1 heterocycles. The first kappa shape index (κ1) is 23.7. The Morgan fingerprint density at radius 2 is 1.59 bits per heavy atom. The highest BCUT2D eigenvalue weighted by molar-refractivity contribution is 5.72. The highest BCUT2D eigenvalue weighted by Gasteiger charge is 2.91. The first-order valence-corrected chi connectivity index (χ1v) is 7.22. The van der Waals surface area contributed by atoms with Gasteiger partial charge in [-0.3, -0.25) is 4.79 Å². The maximum atomic E-state index is 14.4. The Morgan fingerprint density at radius 1 is 1.15 bits per heavy atom. The van der Waals surface area contributed by atoms with Crippen molar-refractivity contribution < 1.29 is 63.3 Å². The lowest BCUT2D eigenvalue weighted by Gasteiger charge is -2.54. The molecule has 0 amide bonds. The van der Waals surface area contributed by atoms with Crippen molar-refractivity contribution in [3.8, 4) is 0 Å². The molecule has 1 aliphatic heterocycles. The molecule has 1 rings (SSSR count). The molecule has 1 aliphatic rings. The van der Waals surface area contributed by atoms with Crippen LogP contribution in [0.4, 0.5) is 43.9 Å². The van der Waals surface area contributed by atoms with Crippen molar-refractivity contribution in [1.82, 2.24) is 0 Å². The van der Waals surface area contributed by atoms with Crippen LogP contribution in [-0.4, -0.2) is 52.8 Å². The predicted molar refractivity (Wildman–Crippen MR) is 65.8 cm³/mol. The molecule has 160 valence electrons. The van der Waals surface area contributed by atoms with E-state index in [1.54, 1.807) is 0 Å². The van der Waals surface area contributed by atoms with Gasteiger partial charge in [-0.15, -0.1) is 0 Å². The van der Waals surface area contributed by atoms with Gasteiger partial charge in [0.2, 0.25) is 11.7 Å². The monoisotopic (exact) mass is 424 g/mol. The molecule has 0 radical (unpaired) electrons. The third-order valence-corrected chi connectivity index (χ3v) is 4.28. The van der Waals surface area contributed by atoms with Crippen molar-refractivity contribution in [3.63, 3.8) is 0 Å². The zero-order valence-electron chi connectivity index (χ0n) is 13.8. The summed E-state index contributed by atoms with van der Waals surface area (Å²) in [5.74, 6) is -21.4. The van der Waals surface area contributed by atoms with E-state index in [2.05, 4.69) is 9.47 Å². The minimum absolute atomic E-state index is 0.213. The number of hydrogen-bond donors (Lipinski definition) is 1. The fourth-order valence-corrected chi connectivity index (χ4v) is 2.22. The molecule has 0 bridgehead atoms. The van der Waals surface area contributed by atoms with E-state index < -0.39 is 60.5 Å². The van der Waals surface area contributed by atoms with Crippen LogP contribution in [0.2, 0.25) is 0 Å². The van der Waals surface area contributed by atoms with Gasteiger partial charge in [0, 0.05) is 0 Å². The molecule has 14 heteroatoms. The lowest BCUT2D eigenvalue weighted by Crippen LogP contribution is -2.83. The van der Waals surface area contributed by atoms with Crippen LogP contribution in [0.15, 0.2) is 0 Å². The van der Waals surface area contributed by atoms with Gasteiger partial charge in [0.05, 0.1) is 5.92 Å². The van der Waals surface area contributed by atoms with E-state index in [1.807, 2.05) is 0 Å². The summed E-state index contributed by atoms with van der Waals surface area (Å²) >= 11 is 0. The van der Waals surface area contributed by atoms with Crippen molar-refractivity contribution in [2.75, 3.05) is 0 Å². The molecule has 0 aliphatic carbocycles. The summed E-state index contributed by atoms with van der Waals surface area (Å²) in [6.45, 7) is 1.68. The number of esters is 1. The van der Waals surface area contributed by atoms with Crippen LogP contribution in [0.1, 0.15) is 27.2 Å². The lowest BCUT2D eigenvalue weighted by atomic mass is 9.78. The molecule has 0 spiro atoms. The van der Waals surface area contributed by atoms with Gasteiger partial charge in [-0.05, 0) is 13.3 Å². The number of aliphatic hydroxyl groups is 1. The Hall–Kier alpha value is -1.31. The second kappa shape index (κ2) is 6.36. The van der Waals surface area contributed by atoms with Gasteiger partial charge in [0.25, 0.3) is 0 Å². The van der Waals surface area contributed by atoms with Crippen LogP contribution >= 0.6 is 0 Å². The molecule has 1 fully saturated rings. The van der Waals surface area contributed by atoms with Crippen LogP contribution in [0.5, 0.6) is 0 Å². The lowest BCUT2D eigenvalue weighted by molar-refractivity contribution is -0.530. The zero-order valence-corrected chi connectivity index (χ0v) is 13.8. The normalized spacial score (nSPS) is 34.8. The number of rotatable bonds is 3. The van der Waals surface area contributed by atoms with E-state index in [0.717, 1.165) is 6.92 Å². The second-order valence-electron chi connectivity index (χ2n) is 6.14. The summed E-state index contributed by atoms with van der Waals surface area (Å²) in [4.78, 5) is 11.7. The van der Waals surface area contributed by atoms with Gasteiger partial charge in [-0.2, -0.15) is 43.9 Å². The molecule has 4 nitrogen and oxygen atoms in total. The summed E-state index contributed by atoms with van der Waals surface area (Å²) < 4.78 is 141. The molecule has 0 aromatic rings. The first-order valence-electron chi connectivity index (χ1n) is 7.22. The van der Waals surface area contributed by atoms with Crippen molar-refractivity contribution >= 4 is 5.97 Å². The molecule has 4 unspecified atom stereocenters. The van der Waals surface area contributed by atoms with Gasteiger partial charge in [-0.1, -0.05) is 13.8 Å². The maximum Gasteiger partial charge on any atom is 0.449 e. The summed E-state index contributed by atoms with van der Waals surface area (Å²) in [6.07, 6.45) is -18.0. The topological polar surface area (TPSA) is 55.8 Å². The van der Waals surface area contributed by atoms with E-state index >= 15 is 0 Å². The van der Waals surface area contributed by atoms with Crippen LogP contribution in [0.25, 0.3) is 0 Å². The molecular weight excluding hydrogens is 410 g/mol. The number of halogens is 10. The third-order valence-electron chi connectivity index (χ3n) is 4.28. The predicted octanol–water partition coefficient (Wildman–Crippen LogP) is 3.82. The quantitative estimate of drug-likeness (QED) is 0.553. The first-order chi connectivity index (χ1) is 11.7. The Labute approximate surface area is 145 Å². The van der Waals surface area contributed by atoms with Crippen molar-refractivity contribution in [2.45, 2.75) is 68.9 Å². The van der Waals surface area contributed by atoms with Gasteiger partial charge >= 0.3 is 36.0 Å². The highest BCUT2D eigenvalue weighted by atomic mass is 19.4. The fraction of sp³-hybridized carbons (Fsp3) is 0.923. The van der Waals surface area contributed by atoms with E-state index in [1.165, 1.54) is 6.92 Å². The minimum Gasteiger partial charge on any atom is -0.446 e. The van der Waals surface area contributed by atoms with Gasteiger partial charge < -0.3 is 14.6 Å². The Bertz CT molecular complexity index is 587. The van der Waals surface area contributed by atoms with E-state index in [0.29, 0.717) is 0 Å². The van der Waals surface area contributed by atoms with Gasteiger partial charge in [0.15, 0.2) is 0 Å². The minimum atomic E-state index is -6.65. The smallest absolute Gasteiger partial charge is 0.446 e. The Morgan fingerprint density at radius 3 is 1.93 bits per heavy atom. The summed E-state index contributed by atoms with van der Waals surface area (Å²) in [7, 11) is 0. The van der Waals surface area contributed by atoms with Crippen molar-refractivity contribution in [3.05, 3.63) is 0 Å². The van der Waals surface area contributed by atoms with E-state index in [9.17, 15) is 53.8 Å². The zero-order chi connectivity index (χ0) is 21.9.